The number of halogens is 2. The van der Waals surface area contributed by atoms with Crippen LogP contribution >= 0.6 is 23.2 Å². The molecule has 1 heterocycles. The van der Waals surface area contributed by atoms with Crippen LogP contribution in [0.1, 0.15) is 0 Å². The lowest BCUT2D eigenvalue weighted by molar-refractivity contribution is 1.22. The molecule has 0 amide bonds. The molecule has 0 unspecified atom stereocenters. The van der Waals surface area contributed by atoms with Crippen LogP contribution in [0.3, 0.4) is 0 Å². The zero-order valence-electron chi connectivity index (χ0n) is 10.3. The third kappa shape index (κ3) is 2.48. The lowest BCUT2D eigenvalue weighted by atomic mass is 10.2. The highest BCUT2D eigenvalue weighted by atomic mass is 35.5. The Labute approximate surface area is 125 Å². The SMILES string of the molecule is Nc1ccc2ncnc(Nc3ccc(Cl)cc3Cl)c2c1. The molecule has 3 N–H and O–H groups in total. The van der Waals surface area contributed by atoms with E-state index < -0.39 is 0 Å². The number of benzene rings is 2. The number of nitrogens with zero attached hydrogens (tertiary/aromatic N) is 2. The van der Waals surface area contributed by atoms with Crippen molar-refractivity contribution in [3.8, 4) is 0 Å². The van der Waals surface area contributed by atoms with Crippen molar-refractivity contribution in [2.75, 3.05) is 11.1 Å². The summed E-state index contributed by atoms with van der Waals surface area (Å²) >= 11 is 12.0. The van der Waals surface area contributed by atoms with Crippen LogP contribution in [0.2, 0.25) is 10.0 Å². The number of rotatable bonds is 2. The van der Waals surface area contributed by atoms with Crippen molar-refractivity contribution >= 4 is 51.3 Å². The van der Waals surface area contributed by atoms with Crippen molar-refractivity contribution < 1.29 is 0 Å². The number of nitrogens with two attached hydrogens (primary N) is 1. The number of aromatic nitrogens is 2. The Morgan fingerprint density at radius 3 is 2.65 bits per heavy atom. The lowest BCUT2D eigenvalue weighted by Crippen LogP contribution is -1.97. The quantitative estimate of drug-likeness (QED) is 0.694. The molecule has 0 radical (unpaired) electrons. The molecule has 0 atom stereocenters. The van der Waals surface area contributed by atoms with Crippen LogP contribution in [0.5, 0.6) is 0 Å². The van der Waals surface area contributed by atoms with E-state index in [9.17, 15) is 0 Å². The Balaban J connectivity index is 2.08. The van der Waals surface area contributed by atoms with E-state index in [-0.39, 0.29) is 0 Å². The molecule has 0 saturated carbocycles. The molecule has 100 valence electrons. The third-order valence-corrected chi connectivity index (χ3v) is 3.39. The van der Waals surface area contributed by atoms with Gasteiger partial charge < -0.3 is 11.1 Å². The van der Waals surface area contributed by atoms with E-state index in [2.05, 4.69) is 15.3 Å². The van der Waals surface area contributed by atoms with E-state index in [4.69, 9.17) is 28.9 Å². The summed E-state index contributed by atoms with van der Waals surface area (Å²) < 4.78 is 0. The number of hydrogen-bond acceptors (Lipinski definition) is 4. The van der Waals surface area contributed by atoms with Gasteiger partial charge in [0.25, 0.3) is 0 Å². The Kier molecular flexibility index (Phi) is 3.34. The van der Waals surface area contributed by atoms with Crippen molar-refractivity contribution in [1.82, 2.24) is 9.97 Å². The smallest absolute Gasteiger partial charge is 0.141 e. The topological polar surface area (TPSA) is 63.8 Å². The Morgan fingerprint density at radius 1 is 1.00 bits per heavy atom. The summed E-state index contributed by atoms with van der Waals surface area (Å²) in [6.45, 7) is 0. The summed E-state index contributed by atoms with van der Waals surface area (Å²) in [5, 5.41) is 5.11. The fraction of sp³-hybridized carbons (Fsp3) is 0. The number of nitrogen functional groups attached to an aromatic ring is 1. The van der Waals surface area contributed by atoms with E-state index in [1.54, 1.807) is 24.3 Å². The van der Waals surface area contributed by atoms with Gasteiger partial charge in [0.2, 0.25) is 0 Å². The Bertz CT molecular complexity index is 789. The maximum atomic E-state index is 6.15. The summed E-state index contributed by atoms with van der Waals surface area (Å²) in [5.41, 5.74) is 7.99. The predicted molar refractivity (Wildman–Crippen MR) is 83.7 cm³/mol. The molecule has 2 aromatic carbocycles. The van der Waals surface area contributed by atoms with Gasteiger partial charge in [-0.2, -0.15) is 0 Å². The van der Waals surface area contributed by atoms with Crippen molar-refractivity contribution in [2.45, 2.75) is 0 Å². The van der Waals surface area contributed by atoms with E-state index in [1.165, 1.54) is 6.33 Å². The van der Waals surface area contributed by atoms with Crippen molar-refractivity contribution in [3.63, 3.8) is 0 Å². The summed E-state index contributed by atoms with van der Waals surface area (Å²) in [4.78, 5) is 8.44. The highest BCUT2D eigenvalue weighted by molar-refractivity contribution is 6.36. The molecular weight excluding hydrogens is 295 g/mol. The highest BCUT2D eigenvalue weighted by Crippen LogP contribution is 2.30. The Morgan fingerprint density at radius 2 is 1.85 bits per heavy atom. The van der Waals surface area contributed by atoms with E-state index in [1.807, 2.05) is 12.1 Å². The first kappa shape index (κ1) is 13.0. The van der Waals surface area contributed by atoms with Crippen LogP contribution < -0.4 is 11.1 Å². The molecule has 0 spiro atoms. The van der Waals surface area contributed by atoms with E-state index in [0.717, 1.165) is 16.6 Å². The first-order valence-electron chi connectivity index (χ1n) is 5.86. The molecule has 3 aromatic rings. The zero-order chi connectivity index (χ0) is 14.1. The van der Waals surface area contributed by atoms with Crippen molar-refractivity contribution in [3.05, 3.63) is 52.8 Å². The van der Waals surface area contributed by atoms with Crippen LogP contribution in [0.4, 0.5) is 17.2 Å². The average molecular weight is 305 g/mol. The maximum Gasteiger partial charge on any atom is 0.141 e. The van der Waals surface area contributed by atoms with Gasteiger partial charge in [0.1, 0.15) is 12.1 Å². The van der Waals surface area contributed by atoms with Gasteiger partial charge in [0.05, 0.1) is 16.2 Å². The molecule has 1 aromatic heterocycles. The molecule has 3 rings (SSSR count). The summed E-state index contributed by atoms with van der Waals surface area (Å²) in [6, 6.07) is 10.7. The van der Waals surface area contributed by atoms with Gasteiger partial charge in [-0.15, -0.1) is 0 Å². The molecule has 0 aliphatic rings. The normalized spacial score (nSPS) is 10.7. The number of hydrogen-bond donors (Lipinski definition) is 2. The van der Waals surface area contributed by atoms with Crippen LogP contribution in [0.25, 0.3) is 10.9 Å². The van der Waals surface area contributed by atoms with E-state index in [0.29, 0.717) is 21.6 Å². The maximum absolute atomic E-state index is 6.15. The van der Waals surface area contributed by atoms with E-state index >= 15 is 0 Å². The van der Waals surface area contributed by atoms with Gasteiger partial charge in [-0.05, 0) is 36.4 Å². The number of anilines is 3. The van der Waals surface area contributed by atoms with Gasteiger partial charge in [-0.1, -0.05) is 23.2 Å². The summed E-state index contributed by atoms with van der Waals surface area (Å²) in [7, 11) is 0. The molecule has 20 heavy (non-hydrogen) atoms. The number of fused-ring (bicyclic) bond motifs is 1. The van der Waals surface area contributed by atoms with Gasteiger partial charge in [0, 0.05) is 16.1 Å². The third-order valence-electron chi connectivity index (χ3n) is 2.84. The first-order chi connectivity index (χ1) is 9.63. The summed E-state index contributed by atoms with van der Waals surface area (Å²) in [5.74, 6) is 0.645. The zero-order valence-corrected chi connectivity index (χ0v) is 11.8. The minimum Gasteiger partial charge on any atom is -0.399 e. The molecule has 0 saturated heterocycles. The van der Waals surface area contributed by atoms with Gasteiger partial charge in [-0.25, -0.2) is 9.97 Å². The average Bonchev–Trinajstić information content (AvgIpc) is 2.42. The van der Waals surface area contributed by atoms with Crippen LogP contribution in [-0.4, -0.2) is 9.97 Å². The second kappa shape index (κ2) is 5.15. The molecule has 0 aliphatic heterocycles. The molecule has 0 aliphatic carbocycles. The van der Waals surface area contributed by atoms with Crippen LogP contribution in [-0.2, 0) is 0 Å². The second-order valence-electron chi connectivity index (χ2n) is 4.25. The van der Waals surface area contributed by atoms with Gasteiger partial charge >= 0.3 is 0 Å². The highest BCUT2D eigenvalue weighted by Gasteiger charge is 2.07. The minimum atomic E-state index is 0.521. The Hall–Kier alpha value is -2.04. The summed E-state index contributed by atoms with van der Waals surface area (Å²) in [6.07, 6.45) is 1.49. The number of nitrogens with one attached hydrogen (secondary N) is 1. The molecule has 0 bridgehead atoms. The fourth-order valence-electron chi connectivity index (χ4n) is 1.89. The predicted octanol–water partition coefficient (Wildman–Crippen LogP) is 4.26. The molecule has 4 nitrogen and oxygen atoms in total. The first-order valence-corrected chi connectivity index (χ1v) is 6.61. The standard InChI is InChI=1S/C14H10Cl2N4/c15-8-1-3-13(11(16)5-8)20-14-10-6-9(17)2-4-12(10)18-7-19-14/h1-7H,17H2,(H,18,19,20). The van der Waals surface area contributed by atoms with Crippen LogP contribution in [0, 0.1) is 0 Å². The monoisotopic (exact) mass is 304 g/mol. The van der Waals surface area contributed by atoms with Gasteiger partial charge in [-0.3, -0.25) is 0 Å². The largest absolute Gasteiger partial charge is 0.399 e. The fourth-order valence-corrected chi connectivity index (χ4v) is 2.35. The lowest BCUT2D eigenvalue weighted by Gasteiger charge is -2.10. The van der Waals surface area contributed by atoms with Crippen molar-refractivity contribution in [1.29, 1.82) is 0 Å². The van der Waals surface area contributed by atoms with Crippen molar-refractivity contribution in [2.24, 2.45) is 0 Å². The molecular formula is C14H10Cl2N4. The molecule has 6 heteroatoms. The second-order valence-corrected chi connectivity index (χ2v) is 5.09. The van der Waals surface area contributed by atoms with Gasteiger partial charge in [0.15, 0.2) is 0 Å². The molecule has 0 fully saturated rings. The minimum absolute atomic E-state index is 0.521. The van der Waals surface area contributed by atoms with Crippen LogP contribution in [0.15, 0.2) is 42.7 Å².